The molecule has 1 aromatic carbocycles. The summed E-state index contributed by atoms with van der Waals surface area (Å²) in [6, 6.07) is 7.96. The van der Waals surface area contributed by atoms with Gasteiger partial charge < -0.3 is 20.1 Å². The molecule has 1 aromatic rings. The molecule has 1 amide bonds. The molecule has 4 unspecified atom stereocenters. The van der Waals surface area contributed by atoms with E-state index in [1.54, 1.807) is 0 Å². The first kappa shape index (κ1) is 16.0. The van der Waals surface area contributed by atoms with Crippen molar-refractivity contribution in [3.63, 3.8) is 0 Å². The van der Waals surface area contributed by atoms with E-state index in [9.17, 15) is 4.79 Å². The highest BCUT2D eigenvalue weighted by atomic mass is 16.7. The number of hydrogen-bond donors (Lipinski definition) is 3. The second kappa shape index (κ2) is 6.43. The Balaban J connectivity index is 1.55. The Morgan fingerprint density at radius 1 is 1.44 bits per heavy atom. The lowest BCUT2D eigenvalue weighted by atomic mass is 9.90. The van der Waals surface area contributed by atoms with Gasteiger partial charge >= 0.3 is 0 Å². The summed E-state index contributed by atoms with van der Waals surface area (Å²) in [6.07, 6.45) is 1.03. The molecule has 0 radical (unpaired) electrons. The Morgan fingerprint density at radius 2 is 2.28 bits per heavy atom. The van der Waals surface area contributed by atoms with Crippen molar-refractivity contribution in [2.24, 2.45) is 5.92 Å². The first-order valence-corrected chi connectivity index (χ1v) is 8.53. The lowest BCUT2D eigenvalue weighted by Crippen LogP contribution is -2.51. The minimum Gasteiger partial charge on any atom is -0.454 e. The fourth-order valence-corrected chi connectivity index (χ4v) is 3.81. The van der Waals surface area contributed by atoms with Gasteiger partial charge in [-0.25, -0.2) is 10.4 Å². The topological polar surface area (TPSA) is 98.7 Å². The number of piperidine rings is 1. The van der Waals surface area contributed by atoms with Crippen molar-refractivity contribution in [2.45, 2.75) is 38.0 Å². The average molecular weight is 343 g/mol. The van der Waals surface area contributed by atoms with Crippen LogP contribution in [0.5, 0.6) is 11.5 Å². The zero-order valence-corrected chi connectivity index (χ0v) is 14.0. The van der Waals surface area contributed by atoms with Crippen molar-refractivity contribution < 1.29 is 14.3 Å². The van der Waals surface area contributed by atoms with Gasteiger partial charge in [-0.15, -0.1) is 0 Å². The fourth-order valence-electron chi connectivity index (χ4n) is 3.81. The predicted octanol–water partition coefficient (Wildman–Crippen LogP) is 0.780. The van der Waals surface area contributed by atoms with Gasteiger partial charge in [0, 0.05) is 30.4 Å². The predicted molar refractivity (Wildman–Crippen MR) is 89.5 cm³/mol. The van der Waals surface area contributed by atoms with Crippen molar-refractivity contribution in [2.75, 3.05) is 18.7 Å². The molecule has 25 heavy (non-hydrogen) atoms. The number of ether oxygens (including phenoxy) is 2. The molecule has 132 valence electrons. The van der Waals surface area contributed by atoms with Gasteiger partial charge in [0.1, 0.15) is 6.17 Å². The molecular weight excluding hydrogens is 322 g/mol. The standard InChI is InChI=1S/C17H21N5O3/c1-10(4-6-18)22-12-5-7-19-17(23)15(12)16(21-22)20-11-2-3-13-14(8-11)25-9-24-13/h2-3,8,10,12,15-16,20-21H,4-5,7,9H2,1H3,(H,19,23). The zero-order valence-electron chi connectivity index (χ0n) is 14.0. The third-order valence-corrected chi connectivity index (χ3v) is 5.02. The molecule has 0 aromatic heterocycles. The molecule has 0 saturated carbocycles. The van der Waals surface area contributed by atoms with E-state index in [0.717, 1.165) is 17.9 Å². The largest absolute Gasteiger partial charge is 0.454 e. The van der Waals surface area contributed by atoms with Gasteiger partial charge in [-0.05, 0) is 25.5 Å². The first-order chi connectivity index (χ1) is 12.2. The van der Waals surface area contributed by atoms with E-state index in [-0.39, 0.29) is 36.9 Å². The van der Waals surface area contributed by atoms with Crippen LogP contribution in [0.25, 0.3) is 0 Å². The molecule has 2 saturated heterocycles. The van der Waals surface area contributed by atoms with Gasteiger partial charge in [-0.1, -0.05) is 0 Å². The van der Waals surface area contributed by atoms with Crippen LogP contribution in [-0.2, 0) is 4.79 Å². The van der Waals surface area contributed by atoms with Gasteiger partial charge in [0.2, 0.25) is 12.7 Å². The number of carbonyl (C=O) groups is 1. The molecule has 8 heteroatoms. The van der Waals surface area contributed by atoms with Gasteiger partial charge in [-0.2, -0.15) is 5.26 Å². The summed E-state index contributed by atoms with van der Waals surface area (Å²) in [4.78, 5) is 12.5. The Labute approximate surface area is 146 Å². The number of benzene rings is 1. The molecule has 0 bridgehead atoms. The molecule has 3 N–H and O–H groups in total. The molecule has 3 aliphatic heterocycles. The zero-order chi connectivity index (χ0) is 17.4. The van der Waals surface area contributed by atoms with E-state index in [0.29, 0.717) is 18.7 Å². The summed E-state index contributed by atoms with van der Waals surface area (Å²) in [5, 5.41) is 17.4. The van der Waals surface area contributed by atoms with E-state index in [4.69, 9.17) is 14.7 Å². The number of anilines is 1. The van der Waals surface area contributed by atoms with Crippen LogP contribution in [-0.4, -0.2) is 42.5 Å². The highest BCUT2D eigenvalue weighted by Gasteiger charge is 2.48. The molecule has 3 heterocycles. The summed E-state index contributed by atoms with van der Waals surface area (Å²) in [5.41, 5.74) is 4.26. The Kier molecular flexibility index (Phi) is 4.11. The van der Waals surface area contributed by atoms with Crippen LogP contribution >= 0.6 is 0 Å². The maximum absolute atomic E-state index is 12.5. The van der Waals surface area contributed by atoms with Crippen LogP contribution in [0, 0.1) is 17.2 Å². The summed E-state index contributed by atoms with van der Waals surface area (Å²) in [5.74, 6) is 1.24. The van der Waals surface area contributed by atoms with Crippen LogP contribution in [0.15, 0.2) is 18.2 Å². The number of amides is 1. The van der Waals surface area contributed by atoms with Gasteiger partial charge in [-0.3, -0.25) is 4.79 Å². The maximum atomic E-state index is 12.5. The molecule has 0 aliphatic carbocycles. The molecule has 3 aliphatic rings. The van der Waals surface area contributed by atoms with Gasteiger partial charge in [0.05, 0.1) is 18.4 Å². The van der Waals surface area contributed by atoms with Crippen LogP contribution in [0.4, 0.5) is 5.69 Å². The van der Waals surface area contributed by atoms with Crippen molar-refractivity contribution >= 4 is 11.6 Å². The number of fused-ring (bicyclic) bond motifs is 2. The van der Waals surface area contributed by atoms with Crippen LogP contribution in [0.3, 0.4) is 0 Å². The maximum Gasteiger partial charge on any atom is 0.231 e. The summed E-state index contributed by atoms with van der Waals surface area (Å²) in [6.45, 7) is 2.89. The Bertz CT molecular complexity index is 719. The average Bonchev–Trinajstić information content (AvgIpc) is 3.20. The summed E-state index contributed by atoms with van der Waals surface area (Å²) < 4.78 is 10.7. The molecule has 4 rings (SSSR count). The van der Waals surface area contributed by atoms with Crippen molar-refractivity contribution in [3.05, 3.63) is 18.2 Å². The van der Waals surface area contributed by atoms with E-state index < -0.39 is 0 Å². The van der Waals surface area contributed by atoms with E-state index in [1.807, 2.05) is 25.1 Å². The van der Waals surface area contributed by atoms with E-state index in [2.05, 4.69) is 27.1 Å². The number of hydrogen-bond acceptors (Lipinski definition) is 7. The minimum atomic E-state index is -0.244. The van der Waals surface area contributed by atoms with Crippen LogP contribution < -0.4 is 25.5 Å². The second-order valence-electron chi connectivity index (χ2n) is 6.61. The van der Waals surface area contributed by atoms with Crippen LogP contribution in [0.1, 0.15) is 19.8 Å². The number of hydrazine groups is 1. The first-order valence-electron chi connectivity index (χ1n) is 8.53. The number of nitrogens with zero attached hydrogens (tertiary/aromatic N) is 2. The Hall–Kier alpha value is -2.50. The van der Waals surface area contributed by atoms with Crippen molar-refractivity contribution in [1.82, 2.24) is 15.8 Å². The summed E-state index contributed by atoms with van der Waals surface area (Å²) >= 11 is 0. The van der Waals surface area contributed by atoms with Crippen LogP contribution in [0.2, 0.25) is 0 Å². The molecular formula is C17H21N5O3. The van der Waals surface area contributed by atoms with Crippen molar-refractivity contribution in [3.8, 4) is 17.6 Å². The normalized spacial score (nSPS) is 28.8. The lowest BCUT2D eigenvalue weighted by Gasteiger charge is -2.33. The number of rotatable bonds is 4. The minimum absolute atomic E-state index is 0.0342. The Morgan fingerprint density at radius 3 is 3.12 bits per heavy atom. The number of carbonyl (C=O) groups excluding carboxylic acids is 1. The third kappa shape index (κ3) is 2.86. The molecule has 8 nitrogen and oxygen atoms in total. The van der Waals surface area contributed by atoms with Gasteiger partial charge in [0.25, 0.3) is 0 Å². The fraction of sp³-hybridized carbons (Fsp3) is 0.529. The van der Waals surface area contributed by atoms with Gasteiger partial charge in [0.15, 0.2) is 11.5 Å². The van der Waals surface area contributed by atoms with E-state index >= 15 is 0 Å². The quantitative estimate of drug-likeness (QED) is 0.743. The highest BCUT2D eigenvalue weighted by Crippen LogP contribution is 2.36. The molecule has 2 fully saturated rings. The lowest BCUT2D eigenvalue weighted by molar-refractivity contribution is -0.127. The smallest absolute Gasteiger partial charge is 0.231 e. The molecule has 0 spiro atoms. The summed E-state index contributed by atoms with van der Waals surface area (Å²) in [7, 11) is 0. The monoisotopic (exact) mass is 343 g/mol. The van der Waals surface area contributed by atoms with Crippen molar-refractivity contribution in [1.29, 1.82) is 5.26 Å². The number of nitrogens with one attached hydrogen (secondary N) is 3. The van der Waals surface area contributed by atoms with E-state index in [1.165, 1.54) is 0 Å². The SMILES string of the molecule is CC(CC#N)N1NC(Nc2ccc3c(c2)OCO3)C2C(=O)NCCC21. The highest BCUT2D eigenvalue weighted by molar-refractivity contribution is 5.82. The number of nitriles is 1. The molecule has 4 atom stereocenters. The third-order valence-electron chi connectivity index (χ3n) is 5.02. The second-order valence-corrected chi connectivity index (χ2v) is 6.61.